The molecular formula is C14H22Cl2N2O2. The number of halogens is 2. The highest BCUT2D eigenvalue weighted by molar-refractivity contribution is 5.85. The van der Waals surface area contributed by atoms with Crippen molar-refractivity contribution in [2.75, 3.05) is 39.4 Å². The van der Waals surface area contributed by atoms with Gasteiger partial charge in [-0.1, -0.05) is 6.07 Å². The molecule has 4 nitrogen and oxygen atoms in total. The monoisotopic (exact) mass is 320 g/mol. The van der Waals surface area contributed by atoms with Gasteiger partial charge in [0.25, 0.3) is 0 Å². The standard InChI is InChI=1S/C14H20N2O2.2ClH/c1-11(16-6-4-15-5-7-16)12-2-3-13-14(10-12)18-9-8-17-13;;/h2-3,10-11,15H,4-9H2,1H3;2*1H/t11-;;/m1../s1. The lowest BCUT2D eigenvalue weighted by Gasteiger charge is -2.33. The number of fused-ring (bicyclic) bond motifs is 1. The summed E-state index contributed by atoms with van der Waals surface area (Å²) in [5.41, 5.74) is 1.31. The summed E-state index contributed by atoms with van der Waals surface area (Å²) in [7, 11) is 0. The van der Waals surface area contributed by atoms with Crippen molar-refractivity contribution in [1.29, 1.82) is 0 Å². The summed E-state index contributed by atoms with van der Waals surface area (Å²) in [6, 6.07) is 6.74. The molecule has 1 aromatic carbocycles. The quantitative estimate of drug-likeness (QED) is 0.906. The van der Waals surface area contributed by atoms with E-state index in [9.17, 15) is 0 Å². The first-order valence-corrected chi connectivity index (χ1v) is 6.69. The molecule has 0 amide bonds. The Morgan fingerprint density at radius 1 is 1.05 bits per heavy atom. The predicted octanol–water partition coefficient (Wildman–Crippen LogP) is 2.27. The Balaban J connectivity index is 0.000001000. The Kier molecular flexibility index (Phi) is 6.89. The minimum Gasteiger partial charge on any atom is -0.486 e. The zero-order valence-corrected chi connectivity index (χ0v) is 13.3. The Labute approximate surface area is 132 Å². The summed E-state index contributed by atoms with van der Waals surface area (Å²) in [5.74, 6) is 1.76. The SMILES string of the molecule is C[C@H](c1ccc2c(c1)OCCO2)N1CCNCC1.Cl.Cl. The summed E-state index contributed by atoms with van der Waals surface area (Å²) in [6.07, 6.45) is 0. The third kappa shape index (κ3) is 3.70. The van der Waals surface area contributed by atoms with Crippen LogP contribution in [-0.2, 0) is 0 Å². The Hall–Kier alpha value is -0.680. The number of hydrogen-bond donors (Lipinski definition) is 1. The number of rotatable bonds is 2. The van der Waals surface area contributed by atoms with Gasteiger partial charge in [0.15, 0.2) is 11.5 Å². The maximum atomic E-state index is 5.65. The normalized spacial score (nSPS) is 19.4. The van der Waals surface area contributed by atoms with Gasteiger partial charge in [0.2, 0.25) is 0 Å². The van der Waals surface area contributed by atoms with Crippen LogP contribution in [0.1, 0.15) is 18.5 Å². The van der Waals surface area contributed by atoms with Crippen molar-refractivity contribution in [1.82, 2.24) is 10.2 Å². The third-order valence-electron chi connectivity index (χ3n) is 3.75. The van der Waals surface area contributed by atoms with Gasteiger partial charge in [0.1, 0.15) is 13.2 Å². The average Bonchev–Trinajstić information content (AvgIpc) is 2.47. The summed E-state index contributed by atoms with van der Waals surface area (Å²) in [5, 5.41) is 3.38. The van der Waals surface area contributed by atoms with Gasteiger partial charge < -0.3 is 14.8 Å². The highest BCUT2D eigenvalue weighted by Crippen LogP contribution is 2.33. The van der Waals surface area contributed by atoms with Gasteiger partial charge in [0.05, 0.1) is 0 Å². The molecule has 1 N–H and O–H groups in total. The first-order chi connectivity index (χ1) is 8.84. The van der Waals surface area contributed by atoms with E-state index >= 15 is 0 Å². The van der Waals surface area contributed by atoms with Gasteiger partial charge in [-0.05, 0) is 24.6 Å². The molecule has 1 aromatic rings. The van der Waals surface area contributed by atoms with Crippen molar-refractivity contribution in [2.45, 2.75) is 13.0 Å². The van der Waals surface area contributed by atoms with Gasteiger partial charge in [0, 0.05) is 32.2 Å². The fourth-order valence-corrected chi connectivity index (χ4v) is 2.60. The lowest BCUT2D eigenvalue weighted by molar-refractivity contribution is 0.168. The molecule has 0 radical (unpaired) electrons. The maximum absolute atomic E-state index is 5.65. The van der Waals surface area contributed by atoms with Crippen molar-refractivity contribution >= 4 is 24.8 Å². The molecule has 2 heterocycles. The molecule has 2 aliphatic heterocycles. The highest BCUT2D eigenvalue weighted by Gasteiger charge is 2.20. The van der Waals surface area contributed by atoms with Gasteiger partial charge in [-0.25, -0.2) is 0 Å². The molecule has 0 spiro atoms. The molecular weight excluding hydrogens is 299 g/mol. The maximum Gasteiger partial charge on any atom is 0.161 e. The lowest BCUT2D eigenvalue weighted by Crippen LogP contribution is -2.44. The van der Waals surface area contributed by atoms with E-state index < -0.39 is 0 Å². The van der Waals surface area contributed by atoms with E-state index in [1.165, 1.54) is 5.56 Å². The second-order valence-corrected chi connectivity index (χ2v) is 4.87. The molecule has 1 atom stereocenters. The molecule has 0 bridgehead atoms. The zero-order chi connectivity index (χ0) is 12.4. The summed E-state index contributed by atoms with van der Waals surface area (Å²) < 4.78 is 11.2. The van der Waals surface area contributed by atoms with Crippen molar-refractivity contribution in [2.24, 2.45) is 0 Å². The summed E-state index contributed by atoms with van der Waals surface area (Å²) >= 11 is 0. The zero-order valence-electron chi connectivity index (χ0n) is 11.6. The van der Waals surface area contributed by atoms with E-state index in [4.69, 9.17) is 9.47 Å². The van der Waals surface area contributed by atoms with E-state index in [-0.39, 0.29) is 24.8 Å². The molecule has 1 saturated heterocycles. The van der Waals surface area contributed by atoms with Crippen LogP contribution < -0.4 is 14.8 Å². The van der Waals surface area contributed by atoms with E-state index in [1.54, 1.807) is 0 Å². The Morgan fingerprint density at radius 3 is 2.40 bits per heavy atom. The molecule has 2 aliphatic rings. The fourth-order valence-electron chi connectivity index (χ4n) is 2.60. The van der Waals surface area contributed by atoms with Gasteiger partial charge >= 0.3 is 0 Å². The minimum atomic E-state index is 0. The fraction of sp³-hybridized carbons (Fsp3) is 0.571. The van der Waals surface area contributed by atoms with E-state index in [2.05, 4.69) is 29.3 Å². The van der Waals surface area contributed by atoms with Gasteiger partial charge in [-0.2, -0.15) is 0 Å². The van der Waals surface area contributed by atoms with Crippen LogP contribution in [0, 0.1) is 0 Å². The van der Waals surface area contributed by atoms with Crippen LogP contribution in [0.3, 0.4) is 0 Å². The Morgan fingerprint density at radius 2 is 1.70 bits per heavy atom. The van der Waals surface area contributed by atoms with Crippen LogP contribution in [0.2, 0.25) is 0 Å². The molecule has 6 heteroatoms. The van der Waals surface area contributed by atoms with E-state index in [1.807, 2.05) is 6.07 Å². The van der Waals surface area contributed by atoms with Crippen LogP contribution in [0.5, 0.6) is 11.5 Å². The molecule has 1 fully saturated rings. The van der Waals surface area contributed by atoms with Crippen molar-refractivity contribution < 1.29 is 9.47 Å². The van der Waals surface area contributed by atoms with E-state index in [0.29, 0.717) is 19.3 Å². The average molecular weight is 321 g/mol. The number of ether oxygens (including phenoxy) is 2. The highest BCUT2D eigenvalue weighted by atomic mass is 35.5. The van der Waals surface area contributed by atoms with Crippen LogP contribution in [0.4, 0.5) is 0 Å². The summed E-state index contributed by atoms with van der Waals surface area (Å²) in [6.45, 7) is 7.93. The molecule has 0 saturated carbocycles. The molecule has 0 aromatic heterocycles. The second kappa shape index (κ2) is 7.93. The third-order valence-corrected chi connectivity index (χ3v) is 3.75. The van der Waals surface area contributed by atoms with Crippen LogP contribution in [-0.4, -0.2) is 44.3 Å². The molecule has 0 aliphatic carbocycles. The first-order valence-electron chi connectivity index (χ1n) is 6.69. The smallest absolute Gasteiger partial charge is 0.161 e. The first kappa shape index (κ1) is 17.4. The number of piperazine rings is 1. The van der Waals surface area contributed by atoms with Crippen LogP contribution >= 0.6 is 24.8 Å². The Bertz CT molecular complexity index is 426. The van der Waals surface area contributed by atoms with Crippen LogP contribution in [0.25, 0.3) is 0 Å². The molecule has 114 valence electrons. The number of nitrogens with zero attached hydrogens (tertiary/aromatic N) is 1. The second-order valence-electron chi connectivity index (χ2n) is 4.87. The number of hydrogen-bond acceptors (Lipinski definition) is 4. The van der Waals surface area contributed by atoms with E-state index in [0.717, 1.165) is 37.7 Å². The van der Waals surface area contributed by atoms with Crippen molar-refractivity contribution in [3.05, 3.63) is 23.8 Å². The van der Waals surface area contributed by atoms with Gasteiger partial charge in [-0.3, -0.25) is 4.90 Å². The predicted molar refractivity (Wildman–Crippen MR) is 84.8 cm³/mol. The topological polar surface area (TPSA) is 33.7 Å². The number of nitrogens with one attached hydrogen (secondary N) is 1. The largest absolute Gasteiger partial charge is 0.486 e. The minimum absolute atomic E-state index is 0. The molecule has 0 unspecified atom stereocenters. The number of benzene rings is 1. The van der Waals surface area contributed by atoms with Crippen molar-refractivity contribution in [3.8, 4) is 11.5 Å². The van der Waals surface area contributed by atoms with Crippen molar-refractivity contribution in [3.63, 3.8) is 0 Å². The van der Waals surface area contributed by atoms with Crippen LogP contribution in [0.15, 0.2) is 18.2 Å². The van der Waals surface area contributed by atoms with Gasteiger partial charge in [-0.15, -0.1) is 24.8 Å². The molecule has 20 heavy (non-hydrogen) atoms. The molecule has 3 rings (SSSR count). The lowest BCUT2D eigenvalue weighted by atomic mass is 10.1. The summed E-state index contributed by atoms with van der Waals surface area (Å²) in [4.78, 5) is 2.50.